The lowest BCUT2D eigenvalue weighted by molar-refractivity contribution is 1.23. The summed E-state index contributed by atoms with van der Waals surface area (Å²) in [4.78, 5) is 13.9. The second-order valence-corrected chi connectivity index (χ2v) is 9.20. The molecule has 35 heavy (non-hydrogen) atoms. The number of aryl methyl sites for hydroxylation is 3. The van der Waals surface area contributed by atoms with E-state index in [1.165, 1.54) is 27.6 Å². The summed E-state index contributed by atoms with van der Waals surface area (Å²) in [5.74, 6) is 0. The number of fused-ring (bicyclic) bond motifs is 3. The highest BCUT2D eigenvalue weighted by atomic mass is 14.7. The third-order valence-corrected chi connectivity index (χ3v) is 6.62. The summed E-state index contributed by atoms with van der Waals surface area (Å²) in [6.07, 6.45) is 5.69. The highest BCUT2D eigenvalue weighted by Crippen LogP contribution is 2.37. The highest BCUT2D eigenvalue weighted by molar-refractivity contribution is 6.12. The van der Waals surface area contributed by atoms with Gasteiger partial charge in [-0.3, -0.25) is 15.0 Å². The number of pyridine rings is 3. The fraction of sp³-hybridized carbons (Fsp3) is 0.0938. The lowest BCUT2D eigenvalue weighted by atomic mass is 9.91. The first-order chi connectivity index (χ1) is 17.1. The van der Waals surface area contributed by atoms with E-state index in [2.05, 4.69) is 84.5 Å². The Kier molecular flexibility index (Phi) is 5.11. The monoisotopic (exact) mass is 451 g/mol. The van der Waals surface area contributed by atoms with Crippen molar-refractivity contribution in [1.82, 2.24) is 15.0 Å². The van der Waals surface area contributed by atoms with Crippen LogP contribution in [0.5, 0.6) is 0 Å². The molecule has 3 aromatic carbocycles. The van der Waals surface area contributed by atoms with Gasteiger partial charge in [0.25, 0.3) is 0 Å². The van der Waals surface area contributed by atoms with E-state index in [1.807, 2.05) is 43.7 Å². The standard InChI is InChI=1S/C32H25N3/c1-20-13-24(28-17-23(10-9-21(28)2)31-8-4-5-11-33-31)16-25(14-20)30-18-26-19-35-22(3)15-29(26)27-7-6-12-34-32(27)30/h4-19H,1-3H3. The second-order valence-electron chi connectivity index (χ2n) is 9.20. The maximum atomic E-state index is 4.81. The van der Waals surface area contributed by atoms with Crippen LogP contribution >= 0.6 is 0 Å². The molecule has 3 aromatic heterocycles. The Labute approximate surface area is 205 Å². The van der Waals surface area contributed by atoms with E-state index < -0.39 is 0 Å². The molecule has 3 nitrogen and oxygen atoms in total. The van der Waals surface area contributed by atoms with E-state index in [0.29, 0.717) is 0 Å². The average Bonchev–Trinajstić information content (AvgIpc) is 2.89. The van der Waals surface area contributed by atoms with E-state index in [0.717, 1.165) is 44.4 Å². The van der Waals surface area contributed by atoms with Crippen LogP contribution in [0.2, 0.25) is 0 Å². The van der Waals surface area contributed by atoms with Crippen molar-refractivity contribution in [3.8, 4) is 33.5 Å². The van der Waals surface area contributed by atoms with Crippen molar-refractivity contribution in [2.75, 3.05) is 0 Å². The Morgan fingerprint density at radius 3 is 2.23 bits per heavy atom. The maximum Gasteiger partial charge on any atom is 0.0786 e. The van der Waals surface area contributed by atoms with E-state index in [4.69, 9.17) is 4.98 Å². The molecule has 0 radical (unpaired) electrons. The van der Waals surface area contributed by atoms with Crippen molar-refractivity contribution < 1.29 is 0 Å². The lowest BCUT2D eigenvalue weighted by Gasteiger charge is -2.14. The minimum Gasteiger partial charge on any atom is -0.261 e. The molecule has 0 aliphatic heterocycles. The van der Waals surface area contributed by atoms with Gasteiger partial charge in [0.05, 0.1) is 11.2 Å². The molecule has 6 aromatic rings. The van der Waals surface area contributed by atoms with Crippen LogP contribution in [0, 0.1) is 20.8 Å². The largest absolute Gasteiger partial charge is 0.261 e. The van der Waals surface area contributed by atoms with Crippen LogP contribution in [-0.4, -0.2) is 15.0 Å². The summed E-state index contributed by atoms with van der Waals surface area (Å²) in [5.41, 5.74) is 11.3. The van der Waals surface area contributed by atoms with Crippen molar-refractivity contribution in [2.24, 2.45) is 0 Å². The Morgan fingerprint density at radius 1 is 0.571 bits per heavy atom. The van der Waals surface area contributed by atoms with E-state index >= 15 is 0 Å². The minimum absolute atomic E-state index is 0.981. The third kappa shape index (κ3) is 3.85. The molecule has 0 aliphatic carbocycles. The van der Waals surface area contributed by atoms with Gasteiger partial charge in [-0.2, -0.15) is 0 Å². The molecular formula is C32H25N3. The van der Waals surface area contributed by atoms with Crippen molar-refractivity contribution in [1.29, 1.82) is 0 Å². The Morgan fingerprint density at radius 2 is 1.40 bits per heavy atom. The van der Waals surface area contributed by atoms with E-state index in [9.17, 15) is 0 Å². The molecule has 0 spiro atoms. The molecule has 0 bridgehead atoms. The lowest BCUT2D eigenvalue weighted by Crippen LogP contribution is -1.92. The Balaban J connectivity index is 1.57. The van der Waals surface area contributed by atoms with Gasteiger partial charge >= 0.3 is 0 Å². The zero-order valence-electron chi connectivity index (χ0n) is 20.1. The highest BCUT2D eigenvalue weighted by Gasteiger charge is 2.13. The number of nitrogens with zero attached hydrogens (tertiary/aromatic N) is 3. The molecule has 0 aliphatic rings. The molecule has 0 amide bonds. The van der Waals surface area contributed by atoms with E-state index in [1.54, 1.807) is 0 Å². The molecule has 0 N–H and O–H groups in total. The van der Waals surface area contributed by atoms with Gasteiger partial charge in [-0.25, -0.2) is 0 Å². The van der Waals surface area contributed by atoms with E-state index in [-0.39, 0.29) is 0 Å². The quantitative estimate of drug-likeness (QED) is 0.255. The summed E-state index contributed by atoms with van der Waals surface area (Å²) < 4.78 is 0. The first-order valence-corrected chi connectivity index (χ1v) is 11.9. The number of rotatable bonds is 3. The molecular weight excluding hydrogens is 426 g/mol. The van der Waals surface area contributed by atoms with Gasteiger partial charge in [0.2, 0.25) is 0 Å². The van der Waals surface area contributed by atoms with Crippen molar-refractivity contribution in [3.63, 3.8) is 0 Å². The molecule has 3 heterocycles. The minimum atomic E-state index is 0.981. The summed E-state index contributed by atoms with van der Waals surface area (Å²) >= 11 is 0. The fourth-order valence-corrected chi connectivity index (χ4v) is 4.92. The Hall–Kier alpha value is -4.37. The van der Waals surface area contributed by atoms with Crippen LogP contribution in [0.1, 0.15) is 16.8 Å². The number of hydrogen-bond donors (Lipinski definition) is 0. The van der Waals surface area contributed by atoms with Crippen LogP contribution in [0.4, 0.5) is 0 Å². The zero-order chi connectivity index (χ0) is 23.9. The Bertz CT molecular complexity index is 1720. The summed E-state index contributed by atoms with van der Waals surface area (Å²) in [6.45, 7) is 6.36. The summed E-state index contributed by atoms with van der Waals surface area (Å²) in [5, 5.41) is 3.47. The summed E-state index contributed by atoms with van der Waals surface area (Å²) in [7, 11) is 0. The van der Waals surface area contributed by atoms with Crippen molar-refractivity contribution >= 4 is 21.7 Å². The van der Waals surface area contributed by atoms with Crippen LogP contribution in [0.15, 0.2) is 97.5 Å². The van der Waals surface area contributed by atoms with Crippen LogP contribution in [0.25, 0.3) is 55.2 Å². The molecule has 0 saturated heterocycles. The van der Waals surface area contributed by atoms with Crippen LogP contribution in [0.3, 0.4) is 0 Å². The third-order valence-electron chi connectivity index (χ3n) is 6.62. The predicted molar refractivity (Wildman–Crippen MR) is 145 cm³/mol. The van der Waals surface area contributed by atoms with Crippen LogP contribution in [-0.2, 0) is 0 Å². The zero-order valence-corrected chi connectivity index (χ0v) is 20.1. The van der Waals surface area contributed by atoms with Crippen LogP contribution < -0.4 is 0 Å². The van der Waals surface area contributed by atoms with Gasteiger partial charge in [-0.1, -0.05) is 36.4 Å². The molecule has 3 heteroatoms. The number of benzene rings is 3. The smallest absolute Gasteiger partial charge is 0.0786 e. The van der Waals surface area contributed by atoms with Gasteiger partial charge in [-0.05, 0) is 96.4 Å². The van der Waals surface area contributed by atoms with Gasteiger partial charge in [-0.15, -0.1) is 0 Å². The van der Waals surface area contributed by atoms with Crippen molar-refractivity contribution in [2.45, 2.75) is 20.8 Å². The molecule has 6 rings (SSSR count). The molecule has 168 valence electrons. The first-order valence-electron chi connectivity index (χ1n) is 11.9. The maximum absolute atomic E-state index is 4.81. The topological polar surface area (TPSA) is 38.7 Å². The second kappa shape index (κ2) is 8.44. The summed E-state index contributed by atoms with van der Waals surface area (Å²) in [6, 6.07) is 28.0. The van der Waals surface area contributed by atoms with Gasteiger partial charge in [0, 0.05) is 46.2 Å². The molecule has 0 saturated carbocycles. The predicted octanol–water partition coefficient (Wildman–Crippen LogP) is 8.10. The first kappa shape index (κ1) is 21.2. The SMILES string of the molecule is Cc1cc(-c2cc(-c3ccccn3)ccc2C)cc(-c2cc3cnc(C)cc3c3cccnc23)c1. The number of aromatic nitrogens is 3. The van der Waals surface area contributed by atoms with Gasteiger partial charge < -0.3 is 0 Å². The normalized spacial score (nSPS) is 11.3. The molecule has 0 fully saturated rings. The molecule has 0 atom stereocenters. The number of hydrogen-bond acceptors (Lipinski definition) is 3. The van der Waals surface area contributed by atoms with Gasteiger partial charge in [0.1, 0.15) is 0 Å². The fourth-order valence-electron chi connectivity index (χ4n) is 4.92. The average molecular weight is 452 g/mol. The van der Waals surface area contributed by atoms with Gasteiger partial charge in [0.15, 0.2) is 0 Å². The van der Waals surface area contributed by atoms with Crippen molar-refractivity contribution in [3.05, 3.63) is 114 Å². The molecule has 0 unspecified atom stereocenters.